The Kier molecular flexibility index (Phi) is 4.00. The molecule has 88 valence electrons. The summed E-state index contributed by atoms with van der Waals surface area (Å²) in [6, 6.07) is 0. The first kappa shape index (κ1) is 12.6. The predicted molar refractivity (Wildman–Crippen MR) is 60.5 cm³/mol. The highest BCUT2D eigenvalue weighted by molar-refractivity contribution is 7.07. The summed E-state index contributed by atoms with van der Waals surface area (Å²) in [6.07, 6.45) is 1.07. The van der Waals surface area contributed by atoms with E-state index in [9.17, 15) is 9.59 Å². The molecule has 5 nitrogen and oxygen atoms in total. The van der Waals surface area contributed by atoms with Crippen LogP contribution in [-0.2, 0) is 4.79 Å². The molecular formula is C10H14N2O3S. The fourth-order valence-corrected chi connectivity index (χ4v) is 1.89. The number of carboxylic acids is 1. The van der Waals surface area contributed by atoms with Gasteiger partial charge < -0.3 is 10.4 Å². The lowest BCUT2D eigenvalue weighted by Crippen LogP contribution is -2.52. The highest BCUT2D eigenvalue weighted by Gasteiger charge is 2.34. The zero-order chi connectivity index (χ0) is 12.2. The highest BCUT2D eigenvalue weighted by atomic mass is 32.1. The number of nitrogens with zero attached hydrogens (tertiary/aromatic N) is 1. The lowest BCUT2D eigenvalue weighted by atomic mass is 9.96. The van der Waals surface area contributed by atoms with Gasteiger partial charge in [-0.3, -0.25) is 4.79 Å². The molecule has 0 saturated carbocycles. The number of amides is 1. The number of carbonyl (C=O) groups is 2. The molecule has 0 aliphatic carbocycles. The Morgan fingerprint density at radius 2 is 2.31 bits per heavy atom. The zero-order valence-electron chi connectivity index (χ0n) is 9.19. The van der Waals surface area contributed by atoms with Crippen LogP contribution in [0.5, 0.6) is 0 Å². The molecule has 0 spiro atoms. The number of rotatable bonds is 5. The van der Waals surface area contributed by atoms with Crippen molar-refractivity contribution < 1.29 is 14.7 Å². The largest absolute Gasteiger partial charge is 0.480 e. The van der Waals surface area contributed by atoms with E-state index < -0.39 is 17.4 Å². The van der Waals surface area contributed by atoms with Gasteiger partial charge >= 0.3 is 5.97 Å². The second-order valence-corrected chi connectivity index (χ2v) is 4.43. The van der Waals surface area contributed by atoms with Gasteiger partial charge in [-0.15, -0.1) is 11.3 Å². The van der Waals surface area contributed by atoms with Gasteiger partial charge in [0.25, 0.3) is 5.91 Å². The fourth-order valence-electron chi connectivity index (χ4n) is 1.36. The lowest BCUT2D eigenvalue weighted by molar-refractivity contribution is -0.144. The van der Waals surface area contributed by atoms with Crippen LogP contribution >= 0.6 is 11.3 Å². The molecule has 1 aromatic rings. The summed E-state index contributed by atoms with van der Waals surface area (Å²) in [4.78, 5) is 26.6. The molecule has 1 amide bonds. The minimum absolute atomic E-state index is 0.258. The van der Waals surface area contributed by atoms with Gasteiger partial charge in [-0.1, -0.05) is 13.3 Å². The zero-order valence-corrected chi connectivity index (χ0v) is 10.0. The van der Waals surface area contributed by atoms with E-state index in [4.69, 9.17) is 5.11 Å². The summed E-state index contributed by atoms with van der Waals surface area (Å²) in [5, 5.41) is 13.2. The SMILES string of the molecule is CCCC(C)(NC(=O)c1cscn1)C(=O)O. The van der Waals surface area contributed by atoms with Gasteiger partial charge in [0.2, 0.25) is 0 Å². The molecule has 0 radical (unpaired) electrons. The molecule has 0 aromatic carbocycles. The van der Waals surface area contributed by atoms with Crippen LogP contribution in [0.15, 0.2) is 10.9 Å². The Hall–Kier alpha value is -1.43. The third-order valence-electron chi connectivity index (χ3n) is 2.28. The van der Waals surface area contributed by atoms with Gasteiger partial charge in [-0.2, -0.15) is 0 Å². The number of hydrogen-bond donors (Lipinski definition) is 2. The van der Waals surface area contributed by atoms with Gasteiger partial charge in [-0.05, 0) is 13.3 Å². The second-order valence-electron chi connectivity index (χ2n) is 3.72. The Balaban J connectivity index is 2.77. The van der Waals surface area contributed by atoms with Crippen molar-refractivity contribution in [3.05, 3.63) is 16.6 Å². The average Bonchev–Trinajstić information content (AvgIpc) is 2.70. The summed E-state index contributed by atoms with van der Waals surface area (Å²) in [5.74, 6) is -1.47. The molecule has 0 saturated heterocycles. The molecular weight excluding hydrogens is 228 g/mol. The van der Waals surface area contributed by atoms with Gasteiger partial charge in [0, 0.05) is 5.38 Å². The Bertz CT molecular complexity index is 377. The number of carbonyl (C=O) groups excluding carboxylic acids is 1. The third-order valence-corrected chi connectivity index (χ3v) is 2.86. The van der Waals surface area contributed by atoms with E-state index in [1.807, 2.05) is 6.92 Å². The van der Waals surface area contributed by atoms with Crippen molar-refractivity contribution in [2.45, 2.75) is 32.2 Å². The Morgan fingerprint density at radius 1 is 1.62 bits per heavy atom. The van der Waals surface area contributed by atoms with Crippen LogP contribution in [0.3, 0.4) is 0 Å². The first-order valence-corrected chi connectivity index (χ1v) is 5.88. The van der Waals surface area contributed by atoms with E-state index in [2.05, 4.69) is 10.3 Å². The number of carboxylic acid groups (broad SMARTS) is 1. The number of thiazole rings is 1. The topological polar surface area (TPSA) is 79.3 Å². The van der Waals surface area contributed by atoms with Crippen molar-refractivity contribution in [1.82, 2.24) is 10.3 Å². The molecule has 1 aromatic heterocycles. The van der Waals surface area contributed by atoms with E-state index in [0.29, 0.717) is 12.8 Å². The third kappa shape index (κ3) is 2.79. The van der Waals surface area contributed by atoms with Crippen LogP contribution < -0.4 is 5.32 Å². The van der Waals surface area contributed by atoms with E-state index in [-0.39, 0.29) is 5.69 Å². The smallest absolute Gasteiger partial charge is 0.329 e. The fraction of sp³-hybridized carbons (Fsp3) is 0.500. The highest BCUT2D eigenvalue weighted by Crippen LogP contribution is 2.14. The summed E-state index contributed by atoms with van der Waals surface area (Å²) in [5.41, 5.74) is 0.566. The monoisotopic (exact) mass is 242 g/mol. The predicted octanol–water partition coefficient (Wildman–Crippen LogP) is 1.52. The van der Waals surface area contributed by atoms with Crippen LogP contribution in [0.2, 0.25) is 0 Å². The van der Waals surface area contributed by atoms with Crippen molar-refractivity contribution in [3.63, 3.8) is 0 Å². The van der Waals surface area contributed by atoms with Crippen molar-refractivity contribution in [3.8, 4) is 0 Å². The standard InChI is InChI=1S/C10H14N2O3S/c1-3-4-10(2,9(14)15)12-8(13)7-5-16-6-11-7/h5-6H,3-4H2,1-2H3,(H,12,13)(H,14,15). The number of hydrogen-bond acceptors (Lipinski definition) is 4. The summed E-state index contributed by atoms with van der Waals surface area (Å²) in [6.45, 7) is 3.37. The van der Waals surface area contributed by atoms with Crippen LogP contribution in [0, 0.1) is 0 Å². The summed E-state index contributed by atoms with van der Waals surface area (Å²) >= 11 is 1.30. The molecule has 0 fully saturated rings. The number of aromatic nitrogens is 1. The quantitative estimate of drug-likeness (QED) is 0.820. The molecule has 0 bridgehead atoms. The molecule has 16 heavy (non-hydrogen) atoms. The van der Waals surface area contributed by atoms with Crippen molar-refractivity contribution in [2.75, 3.05) is 0 Å². The maximum absolute atomic E-state index is 11.7. The Morgan fingerprint density at radius 3 is 2.75 bits per heavy atom. The number of nitrogens with one attached hydrogen (secondary N) is 1. The molecule has 6 heteroatoms. The molecule has 1 atom stereocenters. The Labute approximate surface area is 97.5 Å². The second kappa shape index (κ2) is 5.07. The van der Waals surface area contributed by atoms with Crippen LogP contribution in [-0.4, -0.2) is 27.5 Å². The molecule has 2 N–H and O–H groups in total. The first-order valence-electron chi connectivity index (χ1n) is 4.93. The lowest BCUT2D eigenvalue weighted by Gasteiger charge is -2.25. The van der Waals surface area contributed by atoms with E-state index in [0.717, 1.165) is 0 Å². The van der Waals surface area contributed by atoms with Crippen LogP contribution in [0.4, 0.5) is 0 Å². The summed E-state index contributed by atoms with van der Waals surface area (Å²) in [7, 11) is 0. The van der Waals surface area contributed by atoms with Crippen LogP contribution in [0.1, 0.15) is 37.2 Å². The molecule has 0 aliphatic heterocycles. The van der Waals surface area contributed by atoms with E-state index in [1.54, 1.807) is 5.38 Å². The average molecular weight is 242 g/mol. The minimum Gasteiger partial charge on any atom is -0.480 e. The first-order chi connectivity index (χ1) is 7.49. The van der Waals surface area contributed by atoms with Crippen LogP contribution in [0.25, 0.3) is 0 Å². The van der Waals surface area contributed by atoms with E-state index in [1.165, 1.54) is 23.8 Å². The van der Waals surface area contributed by atoms with Gasteiger partial charge in [-0.25, -0.2) is 9.78 Å². The van der Waals surface area contributed by atoms with Crippen molar-refractivity contribution in [1.29, 1.82) is 0 Å². The number of aliphatic carboxylic acids is 1. The van der Waals surface area contributed by atoms with Crippen molar-refractivity contribution in [2.24, 2.45) is 0 Å². The normalized spacial score (nSPS) is 14.1. The maximum atomic E-state index is 11.7. The molecule has 1 unspecified atom stereocenters. The summed E-state index contributed by atoms with van der Waals surface area (Å²) < 4.78 is 0. The molecule has 1 heterocycles. The van der Waals surface area contributed by atoms with Gasteiger partial charge in [0.1, 0.15) is 11.2 Å². The molecule has 0 aliphatic rings. The molecule has 1 rings (SSSR count). The van der Waals surface area contributed by atoms with E-state index >= 15 is 0 Å². The van der Waals surface area contributed by atoms with Gasteiger partial charge in [0.15, 0.2) is 0 Å². The minimum atomic E-state index is -1.23. The van der Waals surface area contributed by atoms with Crippen molar-refractivity contribution >= 4 is 23.2 Å². The maximum Gasteiger partial charge on any atom is 0.329 e. The van der Waals surface area contributed by atoms with Gasteiger partial charge in [0.05, 0.1) is 5.51 Å².